The maximum atomic E-state index is 12.1. The lowest BCUT2D eigenvalue weighted by atomic mass is 10.2. The second-order valence-electron chi connectivity index (χ2n) is 4.14. The molecule has 4 nitrogen and oxygen atoms in total. The molecule has 82 valence electrons. The van der Waals surface area contributed by atoms with Crippen LogP contribution in [0.5, 0.6) is 0 Å². The monoisotopic (exact) mass is 216 g/mol. The number of hydrogen-bond acceptors (Lipinski definition) is 2. The van der Waals surface area contributed by atoms with Gasteiger partial charge in [0, 0.05) is 6.54 Å². The van der Waals surface area contributed by atoms with Gasteiger partial charge in [-0.25, -0.2) is 9.69 Å². The highest BCUT2D eigenvalue weighted by atomic mass is 16.2. The number of amides is 3. The maximum absolute atomic E-state index is 12.1. The van der Waals surface area contributed by atoms with Crippen LogP contribution in [0.2, 0.25) is 0 Å². The van der Waals surface area contributed by atoms with Crippen molar-refractivity contribution >= 4 is 17.6 Å². The van der Waals surface area contributed by atoms with Gasteiger partial charge in [-0.3, -0.25) is 4.79 Å². The molecule has 2 fully saturated rings. The Labute approximate surface area is 93.5 Å². The molecule has 1 atom stereocenters. The van der Waals surface area contributed by atoms with Gasteiger partial charge in [0.1, 0.15) is 6.04 Å². The van der Waals surface area contributed by atoms with Crippen LogP contribution >= 0.6 is 0 Å². The fraction of sp³-hybridized carbons (Fsp3) is 0.333. The van der Waals surface area contributed by atoms with Gasteiger partial charge >= 0.3 is 6.03 Å². The molecule has 2 saturated heterocycles. The Morgan fingerprint density at radius 3 is 2.56 bits per heavy atom. The van der Waals surface area contributed by atoms with E-state index in [1.165, 1.54) is 4.90 Å². The van der Waals surface area contributed by atoms with Gasteiger partial charge in [0.05, 0.1) is 5.69 Å². The molecule has 16 heavy (non-hydrogen) atoms. The van der Waals surface area contributed by atoms with Gasteiger partial charge in [0.15, 0.2) is 0 Å². The Morgan fingerprint density at radius 1 is 1.12 bits per heavy atom. The number of hydrogen-bond donors (Lipinski definition) is 0. The number of imide groups is 1. The van der Waals surface area contributed by atoms with Gasteiger partial charge in [-0.15, -0.1) is 0 Å². The summed E-state index contributed by atoms with van der Waals surface area (Å²) in [5.74, 6) is -0.0753. The first-order valence-corrected chi connectivity index (χ1v) is 5.48. The van der Waals surface area contributed by atoms with Gasteiger partial charge in [-0.05, 0) is 25.0 Å². The van der Waals surface area contributed by atoms with Crippen LogP contribution in [0.1, 0.15) is 12.8 Å². The maximum Gasteiger partial charge on any atom is 0.332 e. The molecule has 0 aromatic heterocycles. The summed E-state index contributed by atoms with van der Waals surface area (Å²) in [4.78, 5) is 27.1. The molecular formula is C12H12N2O2. The summed E-state index contributed by atoms with van der Waals surface area (Å²) in [7, 11) is 0. The molecule has 3 rings (SSSR count). The molecule has 0 unspecified atom stereocenters. The standard InChI is InChI=1S/C12H12N2O2/c15-11-10-7-4-8-13(10)12(16)14(11)9-5-2-1-3-6-9/h1-3,5-6,10H,4,7-8H2/t10-/m0/s1. The minimum atomic E-state index is -0.215. The van der Waals surface area contributed by atoms with Crippen molar-refractivity contribution in [3.63, 3.8) is 0 Å². The van der Waals surface area contributed by atoms with Crippen LogP contribution in [-0.2, 0) is 4.79 Å². The van der Waals surface area contributed by atoms with Crippen LogP contribution < -0.4 is 4.90 Å². The van der Waals surface area contributed by atoms with E-state index in [9.17, 15) is 9.59 Å². The smallest absolute Gasteiger partial charge is 0.312 e. The van der Waals surface area contributed by atoms with E-state index in [1.807, 2.05) is 18.2 Å². The summed E-state index contributed by atoms with van der Waals surface area (Å²) in [5.41, 5.74) is 0.673. The van der Waals surface area contributed by atoms with Crippen LogP contribution in [0.15, 0.2) is 30.3 Å². The van der Waals surface area contributed by atoms with E-state index in [-0.39, 0.29) is 18.0 Å². The Kier molecular flexibility index (Phi) is 1.96. The summed E-state index contributed by atoms with van der Waals surface area (Å²) in [5, 5.41) is 0. The van der Waals surface area contributed by atoms with E-state index in [2.05, 4.69) is 0 Å². The Morgan fingerprint density at radius 2 is 1.88 bits per heavy atom. The summed E-state index contributed by atoms with van der Waals surface area (Å²) in [6, 6.07) is 8.73. The van der Waals surface area contributed by atoms with Crippen LogP contribution in [0.4, 0.5) is 10.5 Å². The number of anilines is 1. The number of benzene rings is 1. The Bertz CT molecular complexity index is 422. The topological polar surface area (TPSA) is 40.6 Å². The average Bonchev–Trinajstić information content (AvgIpc) is 2.86. The van der Waals surface area contributed by atoms with Gasteiger partial charge in [0.2, 0.25) is 0 Å². The van der Waals surface area contributed by atoms with Crippen molar-refractivity contribution in [2.45, 2.75) is 18.9 Å². The average molecular weight is 216 g/mol. The molecular weight excluding hydrogens is 204 g/mol. The predicted octanol–water partition coefficient (Wildman–Crippen LogP) is 1.62. The predicted molar refractivity (Wildman–Crippen MR) is 59.1 cm³/mol. The van der Waals surface area contributed by atoms with E-state index < -0.39 is 0 Å². The number of carbonyl (C=O) groups is 2. The molecule has 0 radical (unpaired) electrons. The number of rotatable bonds is 1. The van der Waals surface area contributed by atoms with E-state index in [1.54, 1.807) is 17.0 Å². The van der Waals surface area contributed by atoms with Crippen LogP contribution in [0, 0.1) is 0 Å². The highest BCUT2D eigenvalue weighted by Crippen LogP contribution is 2.30. The lowest BCUT2D eigenvalue weighted by molar-refractivity contribution is -0.119. The molecule has 0 spiro atoms. The van der Waals surface area contributed by atoms with E-state index in [0.29, 0.717) is 12.2 Å². The van der Waals surface area contributed by atoms with Gasteiger partial charge in [-0.2, -0.15) is 0 Å². The van der Waals surface area contributed by atoms with Crippen LogP contribution in [0.25, 0.3) is 0 Å². The number of nitrogens with zero attached hydrogens (tertiary/aromatic N) is 2. The third-order valence-corrected chi connectivity index (χ3v) is 3.21. The lowest BCUT2D eigenvalue weighted by Crippen LogP contribution is -2.32. The fourth-order valence-electron chi connectivity index (χ4n) is 2.44. The van der Waals surface area contributed by atoms with Crippen molar-refractivity contribution in [1.82, 2.24) is 4.90 Å². The van der Waals surface area contributed by atoms with Crippen LogP contribution in [-0.4, -0.2) is 29.4 Å². The largest absolute Gasteiger partial charge is 0.332 e. The zero-order chi connectivity index (χ0) is 11.1. The second kappa shape index (κ2) is 3.33. The summed E-state index contributed by atoms with van der Waals surface area (Å²) < 4.78 is 0. The molecule has 0 N–H and O–H groups in total. The van der Waals surface area contributed by atoms with E-state index >= 15 is 0 Å². The highest BCUT2D eigenvalue weighted by molar-refractivity contribution is 6.21. The van der Waals surface area contributed by atoms with Crippen LogP contribution in [0.3, 0.4) is 0 Å². The zero-order valence-electron chi connectivity index (χ0n) is 8.80. The number of fused-ring (bicyclic) bond motifs is 1. The normalized spacial score (nSPS) is 24.1. The first-order chi connectivity index (χ1) is 7.79. The van der Waals surface area contributed by atoms with Crippen molar-refractivity contribution in [1.29, 1.82) is 0 Å². The molecule has 1 aromatic carbocycles. The van der Waals surface area contributed by atoms with Crippen molar-refractivity contribution < 1.29 is 9.59 Å². The Balaban J connectivity index is 1.98. The number of urea groups is 1. The minimum Gasteiger partial charge on any atom is -0.312 e. The molecule has 4 heteroatoms. The van der Waals surface area contributed by atoms with Crippen molar-refractivity contribution in [2.24, 2.45) is 0 Å². The molecule has 3 amide bonds. The van der Waals surface area contributed by atoms with Crippen molar-refractivity contribution in [3.8, 4) is 0 Å². The highest BCUT2D eigenvalue weighted by Gasteiger charge is 2.47. The molecule has 0 saturated carbocycles. The first-order valence-electron chi connectivity index (χ1n) is 5.48. The fourth-order valence-corrected chi connectivity index (χ4v) is 2.44. The molecule has 0 aliphatic carbocycles. The molecule has 2 aliphatic rings. The van der Waals surface area contributed by atoms with Gasteiger partial charge in [-0.1, -0.05) is 18.2 Å². The third-order valence-electron chi connectivity index (χ3n) is 3.21. The zero-order valence-corrected chi connectivity index (χ0v) is 8.80. The van der Waals surface area contributed by atoms with Gasteiger partial charge in [0.25, 0.3) is 5.91 Å². The lowest BCUT2D eigenvalue weighted by Gasteiger charge is -2.15. The van der Waals surface area contributed by atoms with Gasteiger partial charge < -0.3 is 4.90 Å². The third kappa shape index (κ3) is 1.16. The quantitative estimate of drug-likeness (QED) is 0.669. The van der Waals surface area contributed by atoms with Crippen molar-refractivity contribution in [3.05, 3.63) is 30.3 Å². The SMILES string of the molecule is O=C1[C@@H]2CCCN2C(=O)N1c1ccccc1. The van der Waals surface area contributed by atoms with Crippen molar-refractivity contribution in [2.75, 3.05) is 11.4 Å². The van der Waals surface area contributed by atoms with E-state index in [0.717, 1.165) is 12.8 Å². The molecule has 0 bridgehead atoms. The molecule has 2 aliphatic heterocycles. The molecule has 1 aromatic rings. The minimum absolute atomic E-state index is 0.0753. The summed E-state index contributed by atoms with van der Waals surface area (Å²) in [6.07, 6.45) is 1.73. The Hall–Kier alpha value is -1.84. The summed E-state index contributed by atoms with van der Waals surface area (Å²) >= 11 is 0. The number of carbonyl (C=O) groups excluding carboxylic acids is 2. The summed E-state index contributed by atoms with van der Waals surface area (Å²) in [6.45, 7) is 0.707. The first kappa shape index (κ1) is 9.39. The second-order valence-corrected chi connectivity index (χ2v) is 4.14. The van der Waals surface area contributed by atoms with E-state index in [4.69, 9.17) is 0 Å². The molecule has 2 heterocycles. The number of para-hydroxylation sites is 1.